The fourth-order valence-corrected chi connectivity index (χ4v) is 2.85. The predicted molar refractivity (Wildman–Crippen MR) is 68.5 cm³/mol. The minimum Gasteiger partial charge on any atom is -0.284 e. The van der Waals surface area contributed by atoms with Gasteiger partial charge < -0.3 is 0 Å². The Morgan fingerprint density at radius 3 is 2.56 bits per heavy atom. The second-order valence-corrected chi connectivity index (χ2v) is 6.40. The molecule has 1 aliphatic rings. The first-order valence-electron chi connectivity index (χ1n) is 4.75. The normalized spacial score (nSPS) is 22.9. The van der Waals surface area contributed by atoms with Crippen LogP contribution < -0.4 is 0 Å². The second-order valence-electron chi connectivity index (χ2n) is 3.56. The van der Waals surface area contributed by atoms with Gasteiger partial charge in [-0.3, -0.25) is 4.99 Å². The third-order valence-electron chi connectivity index (χ3n) is 2.20. The zero-order valence-electron chi connectivity index (χ0n) is 8.38. The summed E-state index contributed by atoms with van der Waals surface area (Å²) in [5.74, 6) is 0.0834. The quantitative estimate of drug-likeness (QED) is 0.786. The molecule has 3 nitrogen and oxygen atoms in total. The molecule has 0 fully saturated rings. The van der Waals surface area contributed by atoms with Gasteiger partial charge in [-0.25, -0.2) is 8.42 Å². The molecule has 1 heterocycles. The van der Waals surface area contributed by atoms with Crippen LogP contribution in [-0.2, 0) is 9.84 Å². The summed E-state index contributed by atoms with van der Waals surface area (Å²) in [4.78, 5) is 4.21. The van der Waals surface area contributed by atoms with Crippen LogP contribution in [0.4, 0.5) is 0 Å². The Morgan fingerprint density at radius 2 is 2.00 bits per heavy atom. The summed E-state index contributed by atoms with van der Waals surface area (Å²) in [6.45, 7) is 0. The predicted octanol–water partition coefficient (Wildman–Crippen LogP) is 2.18. The van der Waals surface area contributed by atoms with Crippen LogP contribution in [0.15, 0.2) is 45.2 Å². The first-order valence-corrected chi connectivity index (χ1v) is 7.26. The van der Waals surface area contributed by atoms with E-state index < -0.39 is 9.84 Å². The molecule has 0 bridgehead atoms. The highest BCUT2D eigenvalue weighted by Gasteiger charge is 2.19. The molecule has 1 aromatic carbocycles. The van der Waals surface area contributed by atoms with E-state index in [-0.39, 0.29) is 11.8 Å². The van der Waals surface area contributed by atoms with E-state index in [4.69, 9.17) is 0 Å². The van der Waals surface area contributed by atoms with E-state index in [1.807, 2.05) is 24.3 Å². The molecule has 2 rings (SSSR count). The van der Waals surface area contributed by atoms with Gasteiger partial charge in [-0.15, -0.1) is 0 Å². The van der Waals surface area contributed by atoms with Gasteiger partial charge in [-0.1, -0.05) is 28.1 Å². The Bertz CT molecular complexity index is 532. The van der Waals surface area contributed by atoms with Gasteiger partial charge in [0, 0.05) is 16.1 Å². The van der Waals surface area contributed by atoms with Crippen molar-refractivity contribution in [3.8, 4) is 0 Å². The van der Waals surface area contributed by atoms with E-state index in [9.17, 15) is 8.42 Å². The first kappa shape index (κ1) is 11.5. The number of rotatable bonds is 2. The summed E-state index contributed by atoms with van der Waals surface area (Å²) in [5.41, 5.74) is 0.959. The van der Waals surface area contributed by atoms with Crippen molar-refractivity contribution >= 4 is 32.0 Å². The molecule has 0 saturated carbocycles. The van der Waals surface area contributed by atoms with Gasteiger partial charge in [0.2, 0.25) is 0 Å². The molecular weight excluding hydrogens is 290 g/mol. The molecule has 16 heavy (non-hydrogen) atoms. The largest absolute Gasteiger partial charge is 0.284 e. The Labute approximate surface area is 103 Å². The smallest absolute Gasteiger partial charge is 0.173 e. The molecule has 0 saturated heterocycles. The zero-order chi connectivity index (χ0) is 11.6. The molecule has 1 aliphatic heterocycles. The van der Waals surface area contributed by atoms with Crippen LogP contribution in [0.2, 0.25) is 0 Å². The van der Waals surface area contributed by atoms with Crippen LogP contribution in [0, 0.1) is 0 Å². The van der Waals surface area contributed by atoms with Gasteiger partial charge >= 0.3 is 0 Å². The monoisotopic (exact) mass is 299 g/mol. The molecule has 1 unspecified atom stereocenters. The number of hydrogen-bond acceptors (Lipinski definition) is 3. The molecular formula is C11H10BrNO2S. The number of halogens is 1. The SMILES string of the molecule is O=S1(=O)C=CC(N=Cc2ccc(Br)cc2)C1. The maximum absolute atomic E-state index is 11.1. The molecule has 1 aromatic rings. The summed E-state index contributed by atoms with van der Waals surface area (Å²) in [6, 6.07) is 7.43. The molecule has 0 amide bonds. The van der Waals surface area contributed by atoms with Gasteiger partial charge in [-0.05, 0) is 23.8 Å². The van der Waals surface area contributed by atoms with E-state index in [0.29, 0.717) is 0 Å². The summed E-state index contributed by atoms with van der Waals surface area (Å²) >= 11 is 3.34. The first-order chi connectivity index (χ1) is 7.55. The van der Waals surface area contributed by atoms with Crippen LogP contribution in [0.3, 0.4) is 0 Å². The minimum atomic E-state index is -3.01. The Hall–Kier alpha value is -0.940. The Balaban J connectivity index is 2.06. The van der Waals surface area contributed by atoms with E-state index in [1.54, 1.807) is 12.3 Å². The fraction of sp³-hybridized carbons (Fsp3) is 0.182. The Morgan fingerprint density at radius 1 is 1.31 bits per heavy atom. The van der Waals surface area contributed by atoms with Gasteiger partial charge in [0.05, 0.1) is 11.8 Å². The van der Waals surface area contributed by atoms with Gasteiger partial charge in [0.15, 0.2) is 9.84 Å². The van der Waals surface area contributed by atoms with Crippen LogP contribution in [-0.4, -0.2) is 26.4 Å². The lowest BCUT2D eigenvalue weighted by atomic mass is 10.2. The van der Waals surface area contributed by atoms with E-state index in [0.717, 1.165) is 10.0 Å². The van der Waals surface area contributed by atoms with Gasteiger partial charge in [-0.2, -0.15) is 0 Å². The third kappa shape index (κ3) is 3.02. The van der Waals surface area contributed by atoms with Crippen molar-refractivity contribution in [2.45, 2.75) is 6.04 Å². The summed E-state index contributed by atoms with van der Waals surface area (Å²) in [7, 11) is -3.01. The molecule has 0 aliphatic carbocycles. The molecule has 0 spiro atoms. The average Bonchev–Trinajstić information content (AvgIpc) is 2.58. The molecule has 0 radical (unpaired) electrons. The number of nitrogens with zero attached hydrogens (tertiary/aromatic N) is 1. The summed E-state index contributed by atoms with van der Waals surface area (Å²) < 4.78 is 23.3. The van der Waals surface area contributed by atoms with Crippen molar-refractivity contribution in [3.63, 3.8) is 0 Å². The van der Waals surface area contributed by atoms with Crippen molar-refractivity contribution in [3.05, 3.63) is 45.8 Å². The fourth-order valence-electron chi connectivity index (χ4n) is 1.38. The molecule has 84 valence electrons. The average molecular weight is 300 g/mol. The summed E-state index contributed by atoms with van der Waals surface area (Å²) in [5, 5.41) is 1.23. The molecule has 0 aromatic heterocycles. The van der Waals surface area contributed by atoms with Crippen molar-refractivity contribution in [2.75, 3.05) is 5.75 Å². The lowest BCUT2D eigenvalue weighted by Gasteiger charge is -1.98. The van der Waals surface area contributed by atoms with Gasteiger partial charge in [0.1, 0.15) is 0 Å². The van der Waals surface area contributed by atoms with Crippen molar-refractivity contribution in [2.24, 2.45) is 4.99 Å². The highest BCUT2D eigenvalue weighted by molar-refractivity contribution is 9.10. The van der Waals surface area contributed by atoms with E-state index in [2.05, 4.69) is 20.9 Å². The van der Waals surface area contributed by atoms with Crippen LogP contribution >= 0.6 is 15.9 Å². The number of benzene rings is 1. The molecule has 1 atom stereocenters. The standard InChI is InChI=1S/C11H10BrNO2S/c12-10-3-1-9(2-4-10)7-13-11-5-6-16(14,15)8-11/h1-7,11H,8H2. The van der Waals surface area contributed by atoms with Crippen LogP contribution in [0.1, 0.15) is 5.56 Å². The second kappa shape index (κ2) is 4.51. The van der Waals surface area contributed by atoms with E-state index in [1.165, 1.54) is 5.41 Å². The number of sulfone groups is 1. The third-order valence-corrected chi connectivity index (χ3v) is 4.10. The van der Waals surface area contributed by atoms with Crippen LogP contribution in [0.25, 0.3) is 0 Å². The highest BCUT2D eigenvalue weighted by atomic mass is 79.9. The number of aliphatic imine (C=N–C) groups is 1. The molecule has 0 N–H and O–H groups in total. The van der Waals surface area contributed by atoms with Crippen molar-refractivity contribution in [1.82, 2.24) is 0 Å². The van der Waals surface area contributed by atoms with Crippen molar-refractivity contribution < 1.29 is 8.42 Å². The number of hydrogen-bond donors (Lipinski definition) is 0. The van der Waals surface area contributed by atoms with Gasteiger partial charge in [0.25, 0.3) is 0 Å². The Kier molecular flexibility index (Phi) is 3.25. The molecule has 5 heteroatoms. The van der Waals surface area contributed by atoms with E-state index >= 15 is 0 Å². The zero-order valence-corrected chi connectivity index (χ0v) is 10.8. The highest BCUT2D eigenvalue weighted by Crippen LogP contribution is 2.12. The topological polar surface area (TPSA) is 46.5 Å². The van der Waals surface area contributed by atoms with Crippen molar-refractivity contribution in [1.29, 1.82) is 0 Å². The van der Waals surface area contributed by atoms with Crippen LogP contribution in [0.5, 0.6) is 0 Å². The maximum Gasteiger partial charge on any atom is 0.173 e. The minimum absolute atomic E-state index is 0.0834. The summed E-state index contributed by atoms with van der Waals surface area (Å²) in [6.07, 6.45) is 3.31. The lowest BCUT2D eigenvalue weighted by molar-refractivity contribution is 0.604. The maximum atomic E-state index is 11.1. The lowest BCUT2D eigenvalue weighted by Crippen LogP contribution is -2.08.